The number of carbonyl (C=O) groups excluding carboxylic acids is 2. The number of hydrogen-bond donors (Lipinski definition) is 2. The van der Waals surface area contributed by atoms with E-state index < -0.39 is 0 Å². The number of benzene rings is 1. The third-order valence-corrected chi connectivity index (χ3v) is 3.87. The van der Waals surface area contributed by atoms with Crippen LogP contribution in [0.1, 0.15) is 34.8 Å². The highest BCUT2D eigenvalue weighted by atomic mass is 79.9. The quantitative estimate of drug-likeness (QED) is 0.566. The predicted octanol–water partition coefficient (Wildman–Crippen LogP) is 4.81. The van der Waals surface area contributed by atoms with Crippen molar-refractivity contribution in [3.05, 3.63) is 70.6 Å². The summed E-state index contributed by atoms with van der Waals surface area (Å²) in [6, 6.07) is 16.9. The number of aromatic nitrogens is 2. The molecule has 6 nitrogen and oxygen atoms in total. The molecular formula is C20H21BrN2O4. The van der Waals surface area contributed by atoms with Crippen LogP contribution in [0.25, 0.3) is 11.3 Å². The smallest absolute Gasteiger partial charge is 0.354 e. The van der Waals surface area contributed by atoms with Gasteiger partial charge in [0, 0.05) is 5.69 Å². The maximum absolute atomic E-state index is 11.4. The fourth-order valence-corrected chi connectivity index (χ4v) is 2.55. The largest absolute Gasteiger partial charge is 0.461 e. The molecule has 0 unspecified atom stereocenters. The summed E-state index contributed by atoms with van der Waals surface area (Å²) in [5.41, 5.74) is 2.93. The summed E-state index contributed by atoms with van der Waals surface area (Å²) in [5, 5.41) is 0. The molecule has 142 valence electrons. The van der Waals surface area contributed by atoms with E-state index in [0.29, 0.717) is 24.6 Å². The first-order valence-corrected chi connectivity index (χ1v) is 9.27. The van der Waals surface area contributed by atoms with Crippen LogP contribution in [-0.4, -0.2) is 35.1 Å². The molecule has 0 saturated heterocycles. The molecule has 2 aromatic heterocycles. The molecule has 0 saturated carbocycles. The van der Waals surface area contributed by atoms with Crippen molar-refractivity contribution in [2.24, 2.45) is 0 Å². The zero-order valence-electron chi connectivity index (χ0n) is 15.1. The number of rotatable bonds is 5. The molecule has 0 bridgehead atoms. The molecule has 27 heavy (non-hydrogen) atoms. The van der Waals surface area contributed by atoms with Gasteiger partial charge in [-0.15, -0.1) is 0 Å². The van der Waals surface area contributed by atoms with Crippen molar-refractivity contribution < 1.29 is 19.1 Å². The van der Waals surface area contributed by atoms with Crippen molar-refractivity contribution in [2.75, 3.05) is 13.2 Å². The maximum Gasteiger partial charge on any atom is 0.354 e. The number of nitrogens with one attached hydrogen (secondary N) is 2. The van der Waals surface area contributed by atoms with Crippen molar-refractivity contribution >= 4 is 27.9 Å². The van der Waals surface area contributed by atoms with Crippen LogP contribution in [0.2, 0.25) is 0 Å². The number of aromatic amines is 2. The van der Waals surface area contributed by atoms with Gasteiger partial charge in [0.05, 0.1) is 17.8 Å². The van der Waals surface area contributed by atoms with E-state index in [9.17, 15) is 9.59 Å². The summed E-state index contributed by atoms with van der Waals surface area (Å²) in [5.74, 6) is -0.636. The average Bonchev–Trinajstić information content (AvgIpc) is 3.33. The average molecular weight is 433 g/mol. The minimum Gasteiger partial charge on any atom is -0.461 e. The lowest BCUT2D eigenvalue weighted by molar-refractivity contribution is 0.0511. The molecule has 3 aromatic rings. The highest BCUT2D eigenvalue weighted by Crippen LogP contribution is 2.18. The molecule has 3 rings (SSSR count). The van der Waals surface area contributed by atoms with Gasteiger partial charge in [-0.3, -0.25) is 0 Å². The van der Waals surface area contributed by atoms with Crippen LogP contribution in [0.15, 0.2) is 59.2 Å². The molecule has 0 aliphatic rings. The number of halogens is 1. The van der Waals surface area contributed by atoms with Gasteiger partial charge in [0.25, 0.3) is 0 Å². The molecule has 0 fully saturated rings. The topological polar surface area (TPSA) is 84.2 Å². The normalized spacial score (nSPS) is 9.89. The molecule has 0 spiro atoms. The van der Waals surface area contributed by atoms with Crippen LogP contribution in [0.3, 0.4) is 0 Å². The second-order valence-corrected chi connectivity index (χ2v) is 6.17. The van der Waals surface area contributed by atoms with Gasteiger partial charge in [0.2, 0.25) is 0 Å². The van der Waals surface area contributed by atoms with Crippen molar-refractivity contribution in [3.63, 3.8) is 0 Å². The zero-order chi connectivity index (χ0) is 19.6. The highest BCUT2D eigenvalue weighted by molar-refractivity contribution is 9.10. The number of hydrogen-bond acceptors (Lipinski definition) is 4. The van der Waals surface area contributed by atoms with Gasteiger partial charge in [-0.1, -0.05) is 30.3 Å². The van der Waals surface area contributed by atoms with Gasteiger partial charge in [-0.25, -0.2) is 9.59 Å². The molecule has 1 aromatic carbocycles. The lowest BCUT2D eigenvalue weighted by atomic mass is 10.2. The third kappa shape index (κ3) is 6.14. The lowest BCUT2D eigenvalue weighted by Crippen LogP contribution is -2.04. The van der Waals surface area contributed by atoms with Crippen LogP contribution in [0.4, 0.5) is 0 Å². The minimum atomic E-state index is -0.321. The van der Waals surface area contributed by atoms with Crippen molar-refractivity contribution in [3.8, 4) is 11.3 Å². The summed E-state index contributed by atoms with van der Waals surface area (Å²) >= 11 is 3.19. The van der Waals surface area contributed by atoms with E-state index in [4.69, 9.17) is 9.47 Å². The minimum absolute atomic E-state index is 0.315. The molecule has 0 radical (unpaired) electrons. The van der Waals surface area contributed by atoms with Gasteiger partial charge in [0.15, 0.2) is 0 Å². The van der Waals surface area contributed by atoms with Crippen LogP contribution in [0.5, 0.6) is 0 Å². The Morgan fingerprint density at radius 2 is 1.37 bits per heavy atom. The Balaban J connectivity index is 0.000000208. The second-order valence-electron chi connectivity index (χ2n) is 5.31. The van der Waals surface area contributed by atoms with Crippen LogP contribution in [-0.2, 0) is 9.47 Å². The Labute approximate surface area is 166 Å². The van der Waals surface area contributed by atoms with Gasteiger partial charge < -0.3 is 19.4 Å². The first-order valence-electron chi connectivity index (χ1n) is 8.48. The fourth-order valence-electron chi connectivity index (χ4n) is 2.21. The Morgan fingerprint density at radius 3 is 1.89 bits per heavy atom. The van der Waals surface area contributed by atoms with Crippen LogP contribution >= 0.6 is 15.9 Å². The predicted molar refractivity (Wildman–Crippen MR) is 107 cm³/mol. The van der Waals surface area contributed by atoms with Crippen LogP contribution < -0.4 is 0 Å². The molecule has 0 aliphatic carbocycles. The Kier molecular flexibility index (Phi) is 7.88. The molecule has 0 atom stereocenters. The van der Waals surface area contributed by atoms with Crippen LogP contribution in [0, 0.1) is 0 Å². The molecule has 0 aliphatic heterocycles. The van der Waals surface area contributed by atoms with Crippen molar-refractivity contribution in [2.45, 2.75) is 13.8 Å². The summed E-state index contributed by atoms with van der Waals surface area (Å²) in [6.45, 7) is 4.35. The van der Waals surface area contributed by atoms with E-state index in [-0.39, 0.29) is 11.9 Å². The monoisotopic (exact) mass is 432 g/mol. The third-order valence-electron chi connectivity index (χ3n) is 3.41. The van der Waals surface area contributed by atoms with E-state index in [0.717, 1.165) is 15.9 Å². The second kappa shape index (κ2) is 10.4. The van der Waals surface area contributed by atoms with Gasteiger partial charge >= 0.3 is 11.9 Å². The molecule has 2 N–H and O–H groups in total. The first kappa shape index (κ1) is 20.5. The molecule has 0 amide bonds. The number of H-pyrrole nitrogens is 2. The van der Waals surface area contributed by atoms with E-state index in [1.807, 2.05) is 36.4 Å². The molecule has 2 heterocycles. The van der Waals surface area contributed by atoms with E-state index >= 15 is 0 Å². The number of esters is 2. The summed E-state index contributed by atoms with van der Waals surface area (Å²) in [6.07, 6.45) is 0. The van der Waals surface area contributed by atoms with Gasteiger partial charge in [0.1, 0.15) is 11.4 Å². The lowest BCUT2D eigenvalue weighted by Gasteiger charge is -1.99. The Hall–Kier alpha value is -2.80. The summed E-state index contributed by atoms with van der Waals surface area (Å²) < 4.78 is 10.4. The van der Waals surface area contributed by atoms with Gasteiger partial charge in [-0.05, 0) is 59.6 Å². The van der Waals surface area contributed by atoms with Gasteiger partial charge in [-0.2, -0.15) is 0 Å². The van der Waals surface area contributed by atoms with Crippen molar-refractivity contribution in [1.82, 2.24) is 9.97 Å². The number of ether oxygens (including phenoxy) is 2. The standard InChI is InChI=1S/C13H13NO2.C7H8BrNO2/c1-2-16-13(15)12-9-8-11(14-12)10-6-4-3-5-7-10;1-2-11-7(10)5-3-4-6(8)9-5/h3-9,14H,2H2,1H3;3-4,9H,2H2,1H3. The summed E-state index contributed by atoms with van der Waals surface area (Å²) in [4.78, 5) is 28.3. The fraction of sp³-hybridized carbons (Fsp3) is 0.200. The molecule has 7 heteroatoms. The first-order chi connectivity index (χ1) is 13.0. The zero-order valence-corrected chi connectivity index (χ0v) is 16.7. The van der Waals surface area contributed by atoms with E-state index in [2.05, 4.69) is 25.9 Å². The SMILES string of the molecule is CCOC(=O)c1ccc(-c2ccccc2)[nH]1.CCOC(=O)c1ccc(Br)[nH]1. The highest BCUT2D eigenvalue weighted by Gasteiger charge is 2.09. The van der Waals surface area contributed by atoms with Crippen molar-refractivity contribution in [1.29, 1.82) is 0 Å². The number of carbonyl (C=O) groups is 2. The van der Waals surface area contributed by atoms with E-state index in [1.165, 1.54) is 0 Å². The summed E-state index contributed by atoms with van der Waals surface area (Å²) in [7, 11) is 0. The maximum atomic E-state index is 11.4. The Bertz CT molecular complexity index is 871. The molecular weight excluding hydrogens is 412 g/mol. The van der Waals surface area contributed by atoms with E-state index in [1.54, 1.807) is 32.0 Å². The Morgan fingerprint density at radius 1 is 0.815 bits per heavy atom.